The van der Waals surface area contributed by atoms with E-state index in [-0.39, 0.29) is 17.9 Å². The van der Waals surface area contributed by atoms with Crippen LogP contribution in [0.15, 0.2) is 109 Å². The number of hydrogen-bond acceptors (Lipinski definition) is 3. The highest BCUT2D eigenvalue weighted by Gasteiger charge is 2.21. The van der Waals surface area contributed by atoms with Crippen LogP contribution in [0.3, 0.4) is 0 Å². The van der Waals surface area contributed by atoms with Gasteiger partial charge in [0.2, 0.25) is 0 Å². The minimum Gasteiger partial charge on any atom is -0.456 e. The van der Waals surface area contributed by atoms with Crippen LogP contribution in [0.25, 0.3) is 22.0 Å². The van der Waals surface area contributed by atoms with E-state index in [4.69, 9.17) is 4.74 Å². The molecule has 0 aliphatic carbocycles. The molecule has 5 nitrogen and oxygen atoms in total. The molecule has 1 heterocycles. The highest BCUT2D eigenvalue weighted by molar-refractivity contribution is 5.99. The van der Waals surface area contributed by atoms with Gasteiger partial charge >= 0.3 is 5.97 Å². The first-order valence-electron chi connectivity index (χ1n) is 14.1. The molecule has 0 saturated carbocycles. The Morgan fingerprint density at radius 3 is 2.37 bits per heavy atom. The molecular formula is C36H36N2O3. The number of carbonyl (C=O) groups excluding carboxylic acids is 2. The van der Waals surface area contributed by atoms with Crippen molar-refractivity contribution < 1.29 is 14.3 Å². The molecule has 5 heteroatoms. The van der Waals surface area contributed by atoms with Crippen LogP contribution in [0.5, 0.6) is 0 Å². The Morgan fingerprint density at radius 2 is 1.61 bits per heavy atom. The van der Waals surface area contributed by atoms with Gasteiger partial charge in [0.15, 0.2) is 0 Å². The van der Waals surface area contributed by atoms with Crippen molar-refractivity contribution in [2.45, 2.75) is 52.3 Å². The predicted octanol–water partition coefficient (Wildman–Crippen LogP) is 8.19. The molecule has 5 rings (SSSR count). The molecule has 41 heavy (non-hydrogen) atoms. The Balaban J connectivity index is 1.35. The lowest BCUT2D eigenvalue weighted by Gasteiger charge is -2.20. The first-order chi connectivity index (χ1) is 19.7. The minimum atomic E-state index is -0.568. The smallest absolute Gasteiger partial charge is 0.339 e. The Morgan fingerprint density at radius 1 is 0.854 bits per heavy atom. The summed E-state index contributed by atoms with van der Waals surface area (Å²) in [4.78, 5) is 26.0. The average Bonchev–Trinajstić information content (AvgIpc) is 3.37. The number of rotatable bonds is 8. The lowest BCUT2D eigenvalue weighted by molar-refractivity contribution is 0.00703. The van der Waals surface area contributed by atoms with Gasteiger partial charge in [-0.3, -0.25) is 4.79 Å². The summed E-state index contributed by atoms with van der Waals surface area (Å²) in [5.74, 6) is -0.407. The van der Waals surface area contributed by atoms with Crippen molar-refractivity contribution in [1.29, 1.82) is 0 Å². The van der Waals surface area contributed by atoms with Gasteiger partial charge in [-0.1, -0.05) is 73.7 Å². The Labute approximate surface area is 241 Å². The van der Waals surface area contributed by atoms with E-state index in [0.717, 1.165) is 39.6 Å². The fourth-order valence-electron chi connectivity index (χ4n) is 5.11. The maximum Gasteiger partial charge on any atom is 0.339 e. The molecule has 0 bridgehead atoms. The van der Waals surface area contributed by atoms with Crippen molar-refractivity contribution in [2.75, 3.05) is 0 Å². The molecule has 1 unspecified atom stereocenters. The summed E-state index contributed by atoms with van der Waals surface area (Å²) >= 11 is 0. The molecule has 0 aliphatic heterocycles. The van der Waals surface area contributed by atoms with Gasteiger partial charge in [-0.2, -0.15) is 0 Å². The summed E-state index contributed by atoms with van der Waals surface area (Å²) in [6, 6.07) is 33.7. The molecule has 0 saturated heterocycles. The summed E-state index contributed by atoms with van der Waals surface area (Å²) in [6.45, 7) is 8.35. The summed E-state index contributed by atoms with van der Waals surface area (Å²) < 4.78 is 7.83. The van der Waals surface area contributed by atoms with Crippen LogP contribution in [0.2, 0.25) is 0 Å². The quantitative estimate of drug-likeness (QED) is 0.200. The number of nitrogens with zero attached hydrogens (tertiary/aromatic N) is 1. The largest absolute Gasteiger partial charge is 0.456 e. The van der Waals surface area contributed by atoms with Gasteiger partial charge in [-0.25, -0.2) is 4.79 Å². The molecule has 208 valence electrons. The van der Waals surface area contributed by atoms with Crippen molar-refractivity contribution in [1.82, 2.24) is 9.88 Å². The average molecular weight is 545 g/mol. The second-order valence-electron chi connectivity index (χ2n) is 11.3. The van der Waals surface area contributed by atoms with Crippen LogP contribution >= 0.6 is 0 Å². The van der Waals surface area contributed by atoms with Crippen molar-refractivity contribution in [2.24, 2.45) is 0 Å². The van der Waals surface area contributed by atoms with Crippen molar-refractivity contribution in [3.8, 4) is 11.1 Å². The van der Waals surface area contributed by atoms with Gasteiger partial charge in [-0.15, -0.1) is 0 Å². The van der Waals surface area contributed by atoms with Crippen LogP contribution < -0.4 is 5.32 Å². The normalized spacial score (nSPS) is 12.2. The lowest BCUT2D eigenvalue weighted by Crippen LogP contribution is -2.28. The van der Waals surface area contributed by atoms with Gasteiger partial charge in [0.05, 0.1) is 11.6 Å². The molecule has 4 aromatic carbocycles. The zero-order valence-corrected chi connectivity index (χ0v) is 24.1. The van der Waals surface area contributed by atoms with E-state index in [1.807, 2.05) is 118 Å². The third-order valence-electron chi connectivity index (χ3n) is 7.09. The second kappa shape index (κ2) is 11.8. The molecule has 5 aromatic rings. The summed E-state index contributed by atoms with van der Waals surface area (Å²) in [5.41, 5.74) is 5.69. The topological polar surface area (TPSA) is 60.3 Å². The van der Waals surface area contributed by atoms with Crippen LogP contribution in [0.4, 0.5) is 0 Å². The van der Waals surface area contributed by atoms with Crippen LogP contribution in [-0.2, 0) is 11.3 Å². The first-order valence-corrected chi connectivity index (χ1v) is 14.1. The molecule has 0 aliphatic rings. The third kappa shape index (κ3) is 6.58. The molecule has 0 radical (unpaired) electrons. The fourth-order valence-corrected chi connectivity index (χ4v) is 5.11. The number of benzene rings is 4. The molecule has 1 N–H and O–H groups in total. The second-order valence-corrected chi connectivity index (χ2v) is 11.3. The zero-order chi connectivity index (χ0) is 29.0. The molecule has 1 amide bonds. The van der Waals surface area contributed by atoms with Gasteiger partial charge in [-0.05, 0) is 85.8 Å². The summed E-state index contributed by atoms with van der Waals surface area (Å²) in [7, 11) is 0. The number of fused-ring (bicyclic) bond motifs is 1. The SMILES string of the molecule is CCC(NC(=O)c1ccc2c(ccn2Cc2cccc(-c3ccccc3C(=O)OC(C)(C)C)c2)c1)c1ccccc1. The minimum absolute atomic E-state index is 0.0308. The zero-order valence-electron chi connectivity index (χ0n) is 24.1. The van der Waals surface area contributed by atoms with E-state index in [1.54, 1.807) is 0 Å². The monoisotopic (exact) mass is 544 g/mol. The third-order valence-corrected chi connectivity index (χ3v) is 7.09. The highest BCUT2D eigenvalue weighted by atomic mass is 16.6. The van der Waals surface area contributed by atoms with Crippen molar-refractivity contribution in [3.63, 3.8) is 0 Å². The highest BCUT2D eigenvalue weighted by Crippen LogP contribution is 2.28. The molecule has 1 atom stereocenters. The van der Waals surface area contributed by atoms with Crippen LogP contribution in [-0.4, -0.2) is 22.0 Å². The van der Waals surface area contributed by atoms with E-state index < -0.39 is 5.60 Å². The standard InChI is InChI=1S/C36H36N2O3/c1-5-32(26-13-7-6-8-14-26)37-34(39)29-18-19-33-28(23-29)20-21-38(33)24-25-12-11-15-27(22-25)30-16-9-10-17-31(30)35(40)41-36(2,3)4/h6-23,32H,5,24H2,1-4H3,(H,37,39). The Bertz CT molecular complexity index is 1680. The van der Waals surface area contributed by atoms with E-state index in [0.29, 0.717) is 17.7 Å². The number of carbonyl (C=O) groups is 2. The fraction of sp³-hybridized carbons (Fsp3) is 0.222. The maximum absolute atomic E-state index is 13.1. The molecule has 0 spiro atoms. The first kappa shape index (κ1) is 27.9. The summed E-state index contributed by atoms with van der Waals surface area (Å²) in [5, 5.41) is 4.19. The molecule has 1 aromatic heterocycles. The number of amides is 1. The van der Waals surface area contributed by atoms with Crippen LogP contribution in [0.1, 0.15) is 72.0 Å². The van der Waals surface area contributed by atoms with Crippen LogP contribution in [0, 0.1) is 0 Å². The number of hydrogen-bond donors (Lipinski definition) is 1. The predicted molar refractivity (Wildman–Crippen MR) is 165 cm³/mol. The van der Waals surface area contributed by atoms with E-state index in [9.17, 15) is 9.59 Å². The van der Waals surface area contributed by atoms with Gasteiger partial charge < -0.3 is 14.6 Å². The maximum atomic E-state index is 13.1. The van der Waals surface area contributed by atoms with Crippen molar-refractivity contribution >= 4 is 22.8 Å². The van der Waals surface area contributed by atoms with E-state index in [2.05, 4.69) is 28.9 Å². The number of aromatic nitrogens is 1. The van der Waals surface area contributed by atoms with Gasteiger partial charge in [0.1, 0.15) is 5.60 Å². The van der Waals surface area contributed by atoms with E-state index >= 15 is 0 Å². The van der Waals surface area contributed by atoms with Gasteiger partial charge in [0.25, 0.3) is 5.91 Å². The van der Waals surface area contributed by atoms with Crippen molar-refractivity contribution in [3.05, 3.63) is 132 Å². The lowest BCUT2D eigenvalue weighted by atomic mass is 9.98. The number of nitrogens with one attached hydrogen (secondary N) is 1. The molecular weight excluding hydrogens is 508 g/mol. The Hall–Kier alpha value is -4.64. The number of ether oxygens (including phenoxy) is 1. The Kier molecular flexibility index (Phi) is 8.06. The summed E-state index contributed by atoms with van der Waals surface area (Å²) in [6.07, 6.45) is 2.86. The van der Waals surface area contributed by atoms with E-state index in [1.165, 1.54) is 0 Å². The number of esters is 1. The molecule has 0 fully saturated rings. The van der Waals surface area contributed by atoms with Gasteiger partial charge in [0, 0.05) is 29.2 Å².